The van der Waals surface area contributed by atoms with Gasteiger partial charge in [0.05, 0.1) is 0 Å². The average molecular weight is 202 g/mol. The van der Waals surface area contributed by atoms with Crippen molar-refractivity contribution in [1.29, 1.82) is 0 Å². The summed E-state index contributed by atoms with van der Waals surface area (Å²) in [6.07, 6.45) is 0.193. The van der Waals surface area contributed by atoms with Gasteiger partial charge in [0.25, 0.3) is 0 Å². The molecule has 0 rings (SSSR count). The first-order valence-corrected chi connectivity index (χ1v) is 6.16. The van der Waals surface area contributed by atoms with Gasteiger partial charge in [0.1, 0.15) is 0 Å². The maximum absolute atomic E-state index is 13.5. The summed E-state index contributed by atoms with van der Waals surface area (Å²) in [5.74, 6) is 0. The van der Waals surface area contributed by atoms with E-state index in [1.165, 1.54) is 27.7 Å². The van der Waals surface area contributed by atoms with Crippen LogP contribution < -0.4 is 0 Å². The van der Waals surface area contributed by atoms with E-state index in [2.05, 4.69) is 0 Å². The van der Waals surface area contributed by atoms with Crippen LogP contribution in [0.25, 0.3) is 0 Å². The molecule has 0 N–H and O–H groups in total. The molecular weight excluding hydrogens is 184 g/mol. The Morgan fingerprint density at radius 3 is 1.58 bits per heavy atom. The minimum atomic E-state index is -5.98. The van der Waals surface area contributed by atoms with E-state index >= 15 is 0 Å². The molecule has 0 aliphatic heterocycles. The van der Waals surface area contributed by atoms with Crippen LogP contribution in [0.2, 0.25) is 0 Å². The van der Waals surface area contributed by atoms with Crippen LogP contribution in [0, 0.1) is 0 Å². The molecule has 0 aromatic rings. The van der Waals surface area contributed by atoms with E-state index in [-0.39, 0.29) is 6.42 Å². The van der Waals surface area contributed by atoms with Crippen molar-refractivity contribution in [2.24, 2.45) is 0 Å². The SMILES string of the molecule is CCC(C)P(F)(F)(F)C(C)(C)C. The van der Waals surface area contributed by atoms with Gasteiger partial charge in [-0.1, -0.05) is 0 Å². The summed E-state index contributed by atoms with van der Waals surface area (Å²) >= 11 is 0. The molecule has 1 atom stereocenters. The van der Waals surface area contributed by atoms with Crippen molar-refractivity contribution in [2.45, 2.75) is 51.9 Å². The predicted octanol–water partition coefficient (Wildman–Crippen LogP) is 4.79. The van der Waals surface area contributed by atoms with Gasteiger partial charge in [0.15, 0.2) is 0 Å². The van der Waals surface area contributed by atoms with Gasteiger partial charge in [-0.15, -0.1) is 0 Å². The zero-order valence-corrected chi connectivity index (χ0v) is 9.26. The molecule has 4 heteroatoms. The molecule has 0 bridgehead atoms. The second-order valence-corrected chi connectivity index (χ2v) is 8.25. The van der Waals surface area contributed by atoms with E-state index in [4.69, 9.17) is 0 Å². The van der Waals surface area contributed by atoms with Gasteiger partial charge in [-0.2, -0.15) is 0 Å². The quantitative estimate of drug-likeness (QED) is 0.564. The van der Waals surface area contributed by atoms with Crippen LogP contribution in [0.5, 0.6) is 0 Å². The van der Waals surface area contributed by atoms with Gasteiger partial charge in [-0.3, -0.25) is 0 Å². The summed E-state index contributed by atoms with van der Waals surface area (Å²) in [5, 5.41) is -1.51. The Hall–Kier alpha value is 0.220. The van der Waals surface area contributed by atoms with Crippen molar-refractivity contribution in [3.63, 3.8) is 0 Å². The van der Waals surface area contributed by atoms with Crippen molar-refractivity contribution < 1.29 is 12.6 Å². The summed E-state index contributed by atoms with van der Waals surface area (Å²) in [4.78, 5) is 0. The first-order valence-electron chi connectivity index (χ1n) is 4.18. The van der Waals surface area contributed by atoms with Crippen LogP contribution in [-0.4, -0.2) is 10.8 Å². The van der Waals surface area contributed by atoms with E-state index in [1.807, 2.05) is 0 Å². The van der Waals surface area contributed by atoms with Crippen LogP contribution in [0.3, 0.4) is 0 Å². The molecule has 1 unspecified atom stereocenters. The third kappa shape index (κ3) is 1.76. The Morgan fingerprint density at radius 1 is 1.17 bits per heavy atom. The van der Waals surface area contributed by atoms with Crippen molar-refractivity contribution in [1.82, 2.24) is 0 Å². The molecule has 0 spiro atoms. The first-order chi connectivity index (χ1) is 5.02. The van der Waals surface area contributed by atoms with E-state index in [0.717, 1.165) is 0 Å². The fourth-order valence-corrected chi connectivity index (χ4v) is 2.88. The fourth-order valence-electron chi connectivity index (χ4n) is 0.959. The van der Waals surface area contributed by atoms with Gasteiger partial charge in [0.2, 0.25) is 0 Å². The van der Waals surface area contributed by atoms with E-state index in [1.54, 1.807) is 6.92 Å². The average Bonchev–Trinajstić information content (AvgIpc) is 1.82. The molecule has 0 radical (unpaired) electrons. The molecule has 0 fully saturated rings. The molecule has 0 amide bonds. The van der Waals surface area contributed by atoms with Crippen LogP contribution >= 0.6 is 7.54 Å². The zero-order chi connectivity index (χ0) is 10.2. The molecule has 0 aromatic heterocycles. The van der Waals surface area contributed by atoms with Crippen molar-refractivity contribution in [3.8, 4) is 0 Å². The minimum absolute atomic E-state index is 0.193. The standard InChI is InChI=1S/C8H18F3P/c1-6-7(2)12(9,10,11)8(3,4)5/h7H,6H2,1-5H3. The summed E-state index contributed by atoms with van der Waals surface area (Å²) < 4.78 is 40.4. The number of hydrogen-bond donors (Lipinski definition) is 0. The Morgan fingerprint density at radius 2 is 1.50 bits per heavy atom. The van der Waals surface area contributed by atoms with Gasteiger partial charge >= 0.3 is 72.0 Å². The molecule has 0 heterocycles. The molecule has 0 saturated carbocycles. The second-order valence-electron chi connectivity index (χ2n) is 4.30. The second kappa shape index (κ2) is 2.87. The van der Waals surface area contributed by atoms with E-state index in [0.29, 0.717) is 0 Å². The third-order valence-corrected chi connectivity index (χ3v) is 6.56. The molecule has 0 aromatic carbocycles. The monoisotopic (exact) mass is 202 g/mol. The Balaban J connectivity index is 4.98. The van der Waals surface area contributed by atoms with E-state index in [9.17, 15) is 12.6 Å². The summed E-state index contributed by atoms with van der Waals surface area (Å²) in [6, 6.07) is 0. The molecule has 12 heavy (non-hydrogen) atoms. The Labute approximate surface area is 72.8 Å². The molecule has 76 valence electrons. The normalized spacial score (nSPS) is 19.8. The third-order valence-electron chi connectivity index (χ3n) is 2.46. The molecular formula is C8H18F3P. The van der Waals surface area contributed by atoms with Crippen LogP contribution in [0.4, 0.5) is 12.6 Å². The fraction of sp³-hybridized carbons (Fsp3) is 1.00. The number of rotatable bonds is 2. The summed E-state index contributed by atoms with van der Waals surface area (Å²) in [5.41, 5.74) is -1.11. The zero-order valence-electron chi connectivity index (χ0n) is 8.37. The maximum atomic E-state index is 13.5. The van der Waals surface area contributed by atoms with Gasteiger partial charge in [-0.25, -0.2) is 0 Å². The van der Waals surface area contributed by atoms with Crippen LogP contribution in [0.15, 0.2) is 0 Å². The van der Waals surface area contributed by atoms with Crippen molar-refractivity contribution in [3.05, 3.63) is 0 Å². The number of halogens is 3. The van der Waals surface area contributed by atoms with Crippen molar-refractivity contribution in [2.75, 3.05) is 0 Å². The Kier molecular flexibility index (Phi) is 2.92. The predicted molar refractivity (Wildman–Crippen MR) is 49.8 cm³/mol. The van der Waals surface area contributed by atoms with Crippen LogP contribution in [-0.2, 0) is 0 Å². The summed E-state index contributed by atoms with van der Waals surface area (Å²) in [7, 11) is -5.98. The topological polar surface area (TPSA) is 0 Å². The van der Waals surface area contributed by atoms with Crippen molar-refractivity contribution >= 4 is 7.54 Å². The molecule has 0 aliphatic carbocycles. The molecule has 0 nitrogen and oxygen atoms in total. The van der Waals surface area contributed by atoms with Gasteiger partial charge in [0, 0.05) is 0 Å². The molecule has 0 saturated heterocycles. The first kappa shape index (κ1) is 12.2. The van der Waals surface area contributed by atoms with Crippen LogP contribution in [0.1, 0.15) is 41.0 Å². The number of hydrogen-bond acceptors (Lipinski definition) is 0. The van der Waals surface area contributed by atoms with Gasteiger partial charge < -0.3 is 0 Å². The Bertz CT molecular complexity index is 163. The molecule has 0 aliphatic rings. The summed E-state index contributed by atoms with van der Waals surface area (Å²) in [6.45, 7) is 6.71. The van der Waals surface area contributed by atoms with Gasteiger partial charge in [-0.05, 0) is 0 Å². The van der Waals surface area contributed by atoms with E-state index < -0.39 is 18.4 Å².